The number of nitrogens with one attached hydrogen (secondary N) is 3. The van der Waals surface area contributed by atoms with E-state index in [9.17, 15) is 0 Å². The van der Waals surface area contributed by atoms with E-state index in [0.717, 1.165) is 24.2 Å². The molecule has 36 heavy (non-hydrogen) atoms. The number of fused-ring (bicyclic) bond motifs is 1. The van der Waals surface area contributed by atoms with Gasteiger partial charge in [0.2, 0.25) is 17.8 Å². The van der Waals surface area contributed by atoms with Crippen LogP contribution in [0.4, 0.5) is 17.8 Å². The molecule has 1 fully saturated rings. The molecular weight excluding hydrogens is 448 g/mol. The van der Waals surface area contributed by atoms with Crippen LogP contribution in [0.5, 0.6) is 5.75 Å². The van der Waals surface area contributed by atoms with Crippen molar-refractivity contribution in [3.8, 4) is 5.75 Å². The van der Waals surface area contributed by atoms with Gasteiger partial charge in [0.25, 0.3) is 0 Å². The molecule has 7 heteroatoms. The number of benzene rings is 3. The zero-order valence-corrected chi connectivity index (χ0v) is 21.0. The predicted molar refractivity (Wildman–Crippen MR) is 147 cm³/mol. The molecule has 4 aromatic rings. The summed E-state index contributed by atoms with van der Waals surface area (Å²) in [4.78, 5) is 14.2. The molecular formula is C29H34N6O. The molecule has 0 amide bonds. The molecule has 3 N–H and O–H groups in total. The molecule has 1 aliphatic carbocycles. The topological polar surface area (TPSA) is 84.0 Å². The summed E-state index contributed by atoms with van der Waals surface area (Å²) in [5.41, 5.74) is 2.30. The van der Waals surface area contributed by atoms with Crippen LogP contribution >= 0.6 is 0 Å². The number of hydrogen-bond donors (Lipinski definition) is 3. The fraction of sp³-hybridized carbons (Fsp3) is 0.345. The number of aromatic nitrogens is 3. The third-order valence-corrected chi connectivity index (χ3v) is 6.79. The maximum absolute atomic E-state index is 5.36. The lowest BCUT2D eigenvalue weighted by atomic mass is 9.96. The molecule has 0 spiro atoms. The maximum atomic E-state index is 5.36. The van der Waals surface area contributed by atoms with Crippen molar-refractivity contribution in [2.24, 2.45) is 0 Å². The number of ether oxygens (including phenoxy) is 1. The SMILES string of the molecule is COc1cccc(CNc2nc(NC3CCCCC3)nc(NC(C)c3cccc4ccccc34)n2)c1. The fourth-order valence-electron chi connectivity index (χ4n) is 4.88. The first-order valence-corrected chi connectivity index (χ1v) is 12.8. The molecule has 5 rings (SSSR count). The van der Waals surface area contributed by atoms with Crippen molar-refractivity contribution in [3.05, 3.63) is 77.9 Å². The Morgan fingerprint density at radius 3 is 2.47 bits per heavy atom. The van der Waals surface area contributed by atoms with Crippen LogP contribution in [-0.4, -0.2) is 28.1 Å². The third kappa shape index (κ3) is 5.85. The average Bonchev–Trinajstić information content (AvgIpc) is 2.92. The van der Waals surface area contributed by atoms with Crippen LogP contribution in [0.2, 0.25) is 0 Å². The van der Waals surface area contributed by atoms with Gasteiger partial charge in [-0.05, 0) is 53.8 Å². The highest BCUT2D eigenvalue weighted by atomic mass is 16.5. The lowest BCUT2D eigenvalue weighted by molar-refractivity contribution is 0.414. The largest absolute Gasteiger partial charge is 0.497 e. The van der Waals surface area contributed by atoms with Gasteiger partial charge in [-0.3, -0.25) is 0 Å². The van der Waals surface area contributed by atoms with Crippen LogP contribution in [0.15, 0.2) is 66.7 Å². The van der Waals surface area contributed by atoms with Crippen LogP contribution < -0.4 is 20.7 Å². The molecule has 3 aromatic carbocycles. The zero-order chi connectivity index (χ0) is 24.7. The second-order valence-electron chi connectivity index (χ2n) is 9.42. The Labute approximate surface area is 212 Å². The van der Waals surface area contributed by atoms with Crippen molar-refractivity contribution in [2.75, 3.05) is 23.1 Å². The standard InChI is InChI=1S/C29H34N6O/c1-20(25-17-9-12-22-11-6-7-16-26(22)25)31-28-33-27(30-19-21-10-8-15-24(18-21)36-2)34-29(35-28)32-23-13-4-3-5-14-23/h6-12,15-18,20,23H,3-5,13-14,19H2,1-2H3,(H3,30,31,32,33,34,35). The molecule has 1 aliphatic rings. The minimum Gasteiger partial charge on any atom is -0.497 e. The van der Waals surface area contributed by atoms with Gasteiger partial charge in [-0.1, -0.05) is 73.9 Å². The summed E-state index contributed by atoms with van der Waals surface area (Å²) in [6, 6.07) is 23.3. The smallest absolute Gasteiger partial charge is 0.229 e. The van der Waals surface area contributed by atoms with Crippen LogP contribution in [0, 0.1) is 0 Å². The summed E-state index contributed by atoms with van der Waals surface area (Å²) in [5, 5.41) is 12.9. The number of methoxy groups -OCH3 is 1. The molecule has 1 unspecified atom stereocenters. The number of hydrogen-bond acceptors (Lipinski definition) is 7. The van der Waals surface area contributed by atoms with Gasteiger partial charge in [-0.15, -0.1) is 0 Å². The average molecular weight is 483 g/mol. The Morgan fingerprint density at radius 1 is 0.861 bits per heavy atom. The van der Waals surface area contributed by atoms with Crippen molar-refractivity contribution < 1.29 is 4.74 Å². The molecule has 186 valence electrons. The first-order chi connectivity index (χ1) is 17.7. The molecule has 0 aliphatic heterocycles. The van der Waals surface area contributed by atoms with Crippen LogP contribution in [0.3, 0.4) is 0 Å². The second-order valence-corrected chi connectivity index (χ2v) is 9.42. The summed E-state index contributed by atoms with van der Waals surface area (Å²) >= 11 is 0. The van der Waals surface area contributed by atoms with Crippen molar-refractivity contribution in [1.82, 2.24) is 15.0 Å². The van der Waals surface area contributed by atoms with E-state index in [-0.39, 0.29) is 6.04 Å². The van der Waals surface area contributed by atoms with E-state index in [1.165, 1.54) is 35.6 Å². The Hall–Kier alpha value is -3.87. The quantitative estimate of drug-likeness (QED) is 0.249. The van der Waals surface area contributed by atoms with Gasteiger partial charge in [-0.2, -0.15) is 15.0 Å². The minimum absolute atomic E-state index is 0.0206. The van der Waals surface area contributed by atoms with E-state index in [0.29, 0.717) is 30.4 Å². The van der Waals surface area contributed by atoms with Gasteiger partial charge < -0.3 is 20.7 Å². The second kappa shape index (κ2) is 11.2. The van der Waals surface area contributed by atoms with E-state index >= 15 is 0 Å². The highest BCUT2D eigenvalue weighted by Crippen LogP contribution is 2.27. The first-order valence-electron chi connectivity index (χ1n) is 12.8. The molecule has 1 aromatic heterocycles. The van der Waals surface area contributed by atoms with Gasteiger partial charge in [0, 0.05) is 12.6 Å². The molecule has 7 nitrogen and oxygen atoms in total. The summed E-state index contributed by atoms with van der Waals surface area (Å²) in [5.74, 6) is 2.53. The molecule has 1 saturated carbocycles. The van der Waals surface area contributed by atoms with Crippen molar-refractivity contribution in [2.45, 2.75) is 57.7 Å². The van der Waals surface area contributed by atoms with E-state index in [4.69, 9.17) is 19.7 Å². The van der Waals surface area contributed by atoms with Gasteiger partial charge in [0.05, 0.1) is 13.2 Å². The van der Waals surface area contributed by atoms with Gasteiger partial charge >= 0.3 is 0 Å². The lowest BCUT2D eigenvalue weighted by Crippen LogP contribution is -2.24. The van der Waals surface area contributed by atoms with Crippen LogP contribution in [0.1, 0.15) is 56.2 Å². The summed E-state index contributed by atoms with van der Waals surface area (Å²) in [6.07, 6.45) is 6.08. The number of nitrogens with zero attached hydrogens (tertiary/aromatic N) is 3. The Bertz CT molecular complexity index is 1300. The van der Waals surface area contributed by atoms with Crippen LogP contribution in [-0.2, 0) is 6.54 Å². The fourth-order valence-corrected chi connectivity index (χ4v) is 4.88. The number of rotatable bonds is 9. The number of anilines is 3. The summed E-state index contributed by atoms with van der Waals surface area (Å²) in [6.45, 7) is 2.73. The van der Waals surface area contributed by atoms with Gasteiger partial charge in [0.15, 0.2) is 0 Å². The van der Waals surface area contributed by atoms with Gasteiger partial charge in [-0.25, -0.2) is 0 Å². The highest BCUT2D eigenvalue weighted by Gasteiger charge is 2.17. The van der Waals surface area contributed by atoms with Crippen molar-refractivity contribution >= 4 is 28.6 Å². The van der Waals surface area contributed by atoms with Crippen molar-refractivity contribution in [1.29, 1.82) is 0 Å². The van der Waals surface area contributed by atoms with Crippen molar-refractivity contribution in [3.63, 3.8) is 0 Å². The van der Waals surface area contributed by atoms with Crippen LogP contribution in [0.25, 0.3) is 10.8 Å². The molecule has 0 bridgehead atoms. The lowest BCUT2D eigenvalue weighted by Gasteiger charge is -2.23. The monoisotopic (exact) mass is 482 g/mol. The minimum atomic E-state index is 0.0206. The maximum Gasteiger partial charge on any atom is 0.229 e. The highest BCUT2D eigenvalue weighted by molar-refractivity contribution is 5.86. The van der Waals surface area contributed by atoms with Gasteiger partial charge in [0.1, 0.15) is 5.75 Å². The molecule has 1 heterocycles. The molecule has 0 saturated heterocycles. The summed E-state index contributed by atoms with van der Waals surface area (Å²) in [7, 11) is 1.68. The van der Waals surface area contributed by atoms with E-state index in [1.54, 1.807) is 7.11 Å². The van der Waals surface area contributed by atoms with E-state index < -0.39 is 0 Å². The third-order valence-electron chi connectivity index (χ3n) is 6.79. The normalized spacial score (nSPS) is 14.8. The van der Waals surface area contributed by atoms with E-state index in [2.05, 4.69) is 71.4 Å². The Morgan fingerprint density at radius 2 is 1.61 bits per heavy atom. The zero-order valence-electron chi connectivity index (χ0n) is 21.0. The summed E-state index contributed by atoms with van der Waals surface area (Å²) < 4.78 is 5.36. The molecule has 1 atom stereocenters. The van der Waals surface area contributed by atoms with E-state index in [1.807, 2.05) is 18.2 Å². The Balaban J connectivity index is 1.38. The molecule has 0 radical (unpaired) electrons. The first kappa shape index (κ1) is 23.9. The Kier molecular flexibility index (Phi) is 7.45. The predicted octanol–water partition coefficient (Wildman–Crippen LogP) is 6.56.